The molecule has 0 saturated carbocycles. The van der Waals surface area contributed by atoms with Gasteiger partial charge < -0.3 is 4.42 Å². The number of nitrogens with zero attached hydrogens (tertiary/aromatic N) is 2. The van der Waals surface area contributed by atoms with Gasteiger partial charge in [-0.2, -0.15) is 10.5 Å². The van der Waals surface area contributed by atoms with E-state index in [4.69, 9.17) is 14.9 Å². The molecule has 112 valence electrons. The van der Waals surface area contributed by atoms with Crippen molar-refractivity contribution < 1.29 is 8.81 Å². The summed E-state index contributed by atoms with van der Waals surface area (Å²) in [4.78, 5) is 0. The fourth-order valence-corrected chi connectivity index (χ4v) is 2.86. The molecule has 1 aromatic heterocycles. The van der Waals surface area contributed by atoms with Gasteiger partial charge in [-0.05, 0) is 41.5 Å². The normalized spacial score (nSPS) is 10.6. The molecule has 0 atom stereocenters. The van der Waals surface area contributed by atoms with E-state index in [-0.39, 0.29) is 11.1 Å². The highest BCUT2D eigenvalue weighted by atomic mass is 19.1. The van der Waals surface area contributed by atoms with E-state index in [1.54, 1.807) is 12.1 Å². The first-order valence-electron chi connectivity index (χ1n) is 7.26. The Labute approximate surface area is 136 Å². The summed E-state index contributed by atoms with van der Waals surface area (Å²) in [5.74, 6) is -0.784. The predicted octanol–water partition coefficient (Wildman–Crippen LogP) is 5.14. The van der Waals surface area contributed by atoms with Gasteiger partial charge >= 0.3 is 0 Å². The number of hydrogen-bond donors (Lipinski definition) is 0. The topological polar surface area (TPSA) is 60.7 Å². The number of hydrogen-bond acceptors (Lipinski definition) is 3. The summed E-state index contributed by atoms with van der Waals surface area (Å²) in [6.07, 6.45) is 0. The summed E-state index contributed by atoms with van der Waals surface area (Å²) < 4.78 is 19.7. The van der Waals surface area contributed by atoms with Gasteiger partial charge in [0.1, 0.15) is 23.3 Å². The molecular formula is C20H9FN2O. The minimum absolute atomic E-state index is 0.145. The van der Waals surface area contributed by atoms with Gasteiger partial charge in [-0.25, -0.2) is 4.39 Å². The minimum atomic E-state index is -0.784. The van der Waals surface area contributed by atoms with Crippen LogP contribution in [0.15, 0.2) is 59.0 Å². The monoisotopic (exact) mass is 312 g/mol. The summed E-state index contributed by atoms with van der Waals surface area (Å²) >= 11 is 0. The number of para-hydroxylation sites is 1. The van der Waals surface area contributed by atoms with E-state index in [0.29, 0.717) is 11.1 Å². The predicted molar refractivity (Wildman–Crippen MR) is 88.5 cm³/mol. The van der Waals surface area contributed by atoms with Crippen LogP contribution >= 0.6 is 0 Å². The average molecular weight is 312 g/mol. The highest BCUT2D eigenvalue weighted by Crippen LogP contribution is 2.33. The first-order valence-corrected chi connectivity index (χ1v) is 7.26. The fourth-order valence-electron chi connectivity index (χ4n) is 2.86. The van der Waals surface area contributed by atoms with Crippen molar-refractivity contribution in [1.82, 2.24) is 0 Å². The van der Waals surface area contributed by atoms with Crippen molar-refractivity contribution >= 4 is 21.9 Å². The van der Waals surface area contributed by atoms with Crippen LogP contribution in [0.25, 0.3) is 33.1 Å². The third kappa shape index (κ3) is 2.02. The molecule has 1 heterocycles. The van der Waals surface area contributed by atoms with Crippen molar-refractivity contribution in [2.75, 3.05) is 0 Å². The molecule has 0 aliphatic carbocycles. The summed E-state index contributed by atoms with van der Waals surface area (Å²) in [6, 6.07) is 19.8. The Bertz CT molecular complexity index is 1160. The third-order valence-corrected chi connectivity index (χ3v) is 4.03. The van der Waals surface area contributed by atoms with Gasteiger partial charge in [0.25, 0.3) is 0 Å². The van der Waals surface area contributed by atoms with E-state index < -0.39 is 5.82 Å². The Kier molecular flexibility index (Phi) is 3.05. The van der Waals surface area contributed by atoms with Gasteiger partial charge in [0.05, 0.1) is 11.1 Å². The van der Waals surface area contributed by atoms with Crippen LogP contribution in [0.5, 0.6) is 0 Å². The molecule has 4 rings (SSSR count). The summed E-state index contributed by atoms with van der Waals surface area (Å²) in [5, 5.41) is 20.1. The maximum atomic E-state index is 13.9. The fraction of sp³-hybridized carbons (Fsp3) is 0. The molecule has 0 spiro atoms. The second-order valence-corrected chi connectivity index (χ2v) is 5.42. The smallest absolute Gasteiger partial charge is 0.158 e. The first kappa shape index (κ1) is 14.0. The van der Waals surface area contributed by atoms with Gasteiger partial charge in [-0.15, -0.1) is 0 Å². The summed E-state index contributed by atoms with van der Waals surface area (Å²) in [5.41, 5.74) is 2.57. The lowest BCUT2D eigenvalue weighted by Gasteiger charge is -2.05. The SMILES string of the molecule is N#Cc1cc(-c2ccc3c(c2)oc2ccccc23)cc(C#N)c1F. The van der Waals surface area contributed by atoms with Crippen LogP contribution in [-0.2, 0) is 0 Å². The molecule has 3 aromatic carbocycles. The van der Waals surface area contributed by atoms with Crippen LogP contribution in [0.1, 0.15) is 11.1 Å². The van der Waals surface area contributed by atoms with E-state index in [1.165, 1.54) is 12.1 Å². The zero-order valence-electron chi connectivity index (χ0n) is 12.4. The zero-order valence-corrected chi connectivity index (χ0v) is 12.4. The molecule has 0 bridgehead atoms. The van der Waals surface area contributed by atoms with Gasteiger partial charge in [0.2, 0.25) is 0 Å². The van der Waals surface area contributed by atoms with E-state index in [2.05, 4.69) is 0 Å². The van der Waals surface area contributed by atoms with Crippen LogP contribution in [0.2, 0.25) is 0 Å². The minimum Gasteiger partial charge on any atom is -0.456 e. The second kappa shape index (κ2) is 5.22. The lowest BCUT2D eigenvalue weighted by molar-refractivity contribution is 0.620. The molecule has 0 unspecified atom stereocenters. The molecule has 24 heavy (non-hydrogen) atoms. The van der Waals surface area contributed by atoms with Crippen LogP contribution in [-0.4, -0.2) is 0 Å². The molecule has 0 N–H and O–H groups in total. The Morgan fingerprint density at radius 1 is 0.750 bits per heavy atom. The molecular weight excluding hydrogens is 303 g/mol. The molecule has 3 nitrogen and oxygen atoms in total. The van der Waals surface area contributed by atoms with Crippen LogP contribution in [0.3, 0.4) is 0 Å². The van der Waals surface area contributed by atoms with Crippen LogP contribution < -0.4 is 0 Å². The van der Waals surface area contributed by atoms with E-state index >= 15 is 0 Å². The number of nitriles is 2. The molecule has 0 aliphatic heterocycles. The zero-order chi connectivity index (χ0) is 16.7. The Hall–Kier alpha value is -3.63. The van der Waals surface area contributed by atoms with Crippen molar-refractivity contribution in [2.45, 2.75) is 0 Å². The average Bonchev–Trinajstić information content (AvgIpc) is 2.99. The van der Waals surface area contributed by atoms with Gasteiger partial charge in [-0.1, -0.05) is 24.3 Å². The number of fused-ring (bicyclic) bond motifs is 3. The molecule has 4 aromatic rings. The Morgan fingerprint density at radius 2 is 1.42 bits per heavy atom. The molecule has 0 radical (unpaired) electrons. The molecule has 0 amide bonds. The first-order chi connectivity index (χ1) is 11.7. The van der Waals surface area contributed by atoms with E-state index in [1.807, 2.05) is 42.5 Å². The quantitative estimate of drug-likeness (QED) is 0.489. The lowest BCUT2D eigenvalue weighted by Crippen LogP contribution is -1.91. The largest absolute Gasteiger partial charge is 0.456 e. The molecule has 0 fully saturated rings. The van der Waals surface area contributed by atoms with Crippen molar-refractivity contribution in [2.24, 2.45) is 0 Å². The van der Waals surface area contributed by atoms with Crippen molar-refractivity contribution in [3.8, 4) is 23.3 Å². The molecule has 0 saturated heterocycles. The summed E-state index contributed by atoms with van der Waals surface area (Å²) in [6.45, 7) is 0. The Morgan fingerprint density at radius 3 is 2.12 bits per heavy atom. The number of halogens is 1. The molecule has 4 heteroatoms. The molecule has 0 aliphatic rings. The van der Waals surface area contributed by atoms with Crippen molar-refractivity contribution in [3.05, 3.63) is 71.5 Å². The van der Waals surface area contributed by atoms with E-state index in [0.717, 1.165) is 21.9 Å². The Balaban J connectivity index is 1.96. The van der Waals surface area contributed by atoms with Crippen molar-refractivity contribution in [3.63, 3.8) is 0 Å². The maximum Gasteiger partial charge on any atom is 0.158 e. The second-order valence-electron chi connectivity index (χ2n) is 5.42. The maximum absolute atomic E-state index is 13.9. The highest BCUT2D eigenvalue weighted by molar-refractivity contribution is 6.05. The van der Waals surface area contributed by atoms with Crippen LogP contribution in [0, 0.1) is 28.5 Å². The van der Waals surface area contributed by atoms with Crippen LogP contribution in [0.4, 0.5) is 4.39 Å². The highest BCUT2D eigenvalue weighted by Gasteiger charge is 2.13. The number of benzene rings is 3. The number of furan rings is 1. The van der Waals surface area contributed by atoms with E-state index in [9.17, 15) is 4.39 Å². The number of rotatable bonds is 1. The van der Waals surface area contributed by atoms with Gasteiger partial charge in [0, 0.05) is 10.8 Å². The third-order valence-electron chi connectivity index (χ3n) is 4.03. The van der Waals surface area contributed by atoms with Crippen molar-refractivity contribution in [1.29, 1.82) is 10.5 Å². The summed E-state index contributed by atoms with van der Waals surface area (Å²) in [7, 11) is 0. The standard InChI is InChI=1S/C20H9FN2O/c21-20-14(10-22)7-13(8-15(20)11-23)12-5-6-17-16-3-1-2-4-18(16)24-19(17)9-12/h1-9H. The lowest BCUT2D eigenvalue weighted by atomic mass is 9.99. The van der Waals surface area contributed by atoms with Gasteiger partial charge in [-0.3, -0.25) is 0 Å². The van der Waals surface area contributed by atoms with Gasteiger partial charge in [0.15, 0.2) is 5.82 Å².